The monoisotopic (exact) mass is 446 g/mol. The molecule has 2 aromatic rings. The van der Waals surface area contributed by atoms with Crippen LogP contribution in [0.2, 0.25) is 0 Å². The molecule has 33 heavy (non-hydrogen) atoms. The maximum absolute atomic E-state index is 13.8. The Bertz CT molecular complexity index is 1130. The minimum atomic E-state index is -1.74. The number of nitrogens with one attached hydrogen (secondary N) is 1. The maximum Gasteiger partial charge on any atom is 0.240 e. The van der Waals surface area contributed by atoms with Gasteiger partial charge in [-0.15, -0.1) is 0 Å². The molecule has 1 aliphatic carbocycles. The molecule has 7 nitrogen and oxygen atoms in total. The van der Waals surface area contributed by atoms with Crippen LogP contribution in [0.4, 0.5) is 5.69 Å². The van der Waals surface area contributed by atoms with E-state index in [1.165, 1.54) is 0 Å². The van der Waals surface area contributed by atoms with Crippen LogP contribution in [0.1, 0.15) is 47.9 Å². The van der Waals surface area contributed by atoms with Crippen molar-refractivity contribution in [2.45, 2.75) is 38.8 Å². The molecule has 0 bridgehead atoms. The molecule has 170 valence electrons. The number of ketones is 2. The van der Waals surface area contributed by atoms with Gasteiger partial charge in [-0.1, -0.05) is 45.0 Å². The molecule has 2 saturated heterocycles. The van der Waals surface area contributed by atoms with Crippen molar-refractivity contribution < 1.29 is 23.9 Å². The zero-order valence-corrected chi connectivity index (χ0v) is 18.8. The normalized spacial score (nSPS) is 25.3. The van der Waals surface area contributed by atoms with Gasteiger partial charge in [-0.25, -0.2) is 4.90 Å². The second kappa shape index (κ2) is 7.63. The Morgan fingerprint density at radius 2 is 1.55 bits per heavy atom. The largest absolute Gasteiger partial charge is 0.494 e. The van der Waals surface area contributed by atoms with Crippen LogP contribution in [-0.4, -0.2) is 41.6 Å². The van der Waals surface area contributed by atoms with Crippen molar-refractivity contribution >= 4 is 29.1 Å². The lowest BCUT2D eigenvalue weighted by molar-refractivity contribution is -0.123. The summed E-state index contributed by atoms with van der Waals surface area (Å²) in [6.07, 6.45) is 0.865. The number of Topliss-reactive ketones (excluding diaryl/α,β-unsaturated/α-hetero) is 2. The van der Waals surface area contributed by atoms with Crippen LogP contribution in [0.5, 0.6) is 5.75 Å². The minimum Gasteiger partial charge on any atom is -0.494 e. The number of imide groups is 1. The number of anilines is 1. The molecule has 3 atom stereocenters. The second-order valence-electron chi connectivity index (χ2n) is 9.28. The predicted octanol–water partition coefficient (Wildman–Crippen LogP) is 3.03. The number of amides is 2. The van der Waals surface area contributed by atoms with Crippen molar-refractivity contribution in [3.63, 3.8) is 0 Å². The number of carbonyl (C=O) groups excluding carboxylic acids is 4. The number of ether oxygens (including phenoxy) is 1. The number of nitrogens with zero attached hydrogens (tertiary/aromatic N) is 1. The molecule has 2 heterocycles. The number of hydrogen-bond donors (Lipinski definition) is 1. The highest BCUT2D eigenvalue weighted by Gasteiger charge is 2.73. The Morgan fingerprint density at radius 3 is 2.09 bits per heavy atom. The van der Waals surface area contributed by atoms with Crippen molar-refractivity contribution in [2.75, 3.05) is 11.5 Å². The Morgan fingerprint density at radius 1 is 0.939 bits per heavy atom. The Kier molecular flexibility index (Phi) is 4.97. The topological polar surface area (TPSA) is 92.8 Å². The zero-order valence-electron chi connectivity index (χ0n) is 18.8. The molecule has 0 aromatic heterocycles. The molecule has 0 saturated carbocycles. The Labute approximate surface area is 192 Å². The number of rotatable bonds is 5. The molecule has 0 unspecified atom stereocenters. The van der Waals surface area contributed by atoms with E-state index in [0.717, 1.165) is 11.3 Å². The van der Waals surface area contributed by atoms with Gasteiger partial charge in [0, 0.05) is 17.2 Å². The van der Waals surface area contributed by atoms with E-state index in [0.29, 0.717) is 29.2 Å². The Balaban J connectivity index is 1.57. The summed E-state index contributed by atoms with van der Waals surface area (Å²) in [5.41, 5.74) is -0.727. The number of fused-ring (bicyclic) bond motifs is 3. The van der Waals surface area contributed by atoms with Crippen molar-refractivity contribution in [1.82, 2.24) is 5.32 Å². The van der Waals surface area contributed by atoms with Gasteiger partial charge in [-0.05, 0) is 36.6 Å². The van der Waals surface area contributed by atoms with Gasteiger partial charge in [0.15, 0.2) is 17.1 Å². The fourth-order valence-corrected chi connectivity index (χ4v) is 5.52. The van der Waals surface area contributed by atoms with Crippen molar-refractivity contribution in [1.29, 1.82) is 0 Å². The second-order valence-corrected chi connectivity index (χ2v) is 9.28. The van der Waals surface area contributed by atoms with E-state index in [1.807, 2.05) is 20.8 Å². The summed E-state index contributed by atoms with van der Waals surface area (Å²) in [5, 5.41) is 3.19. The van der Waals surface area contributed by atoms with Gasteiger partial charge in [0.05, 0.1) is 24.1 Å². The first kappa shape index (κ1) is 21.5. The Hall–Kier alpha value is -3.32. The van der Waals surface area contributed by atoms with Crippen molar-refractivity contribution in [3.8, 4) is 5.75 Å². The summed E-state index contributed by atoms with van der Waals surface area (Å²) in [4.78, 5) is 55.7. The van der Waals surface area contributed by atoms with E-state index in [9.17, 15) is 19.2 Å². The van der Waals surface area contributed by atoms with Crippen molar-refractivity contribution in [3.05, 3.63) is 59.7 Å². The number of hydrogen-bond acceptors (Lipinski definition) is 6. The van der Waals surface area contributed by atoms with Gasteiger partial charge < -0.3 is 4.74 Å². The maximum atomic E-state index is 13.8. The number of carbonyl (C=O) groups is 4. The van der Waals surface area contributed by atoms with E-state index < -0.39 is 40.9 Å². The number of benzene rings is 2. The smallest absolute Gasteiger partial charge is 0.240 e. The van der Waals surface area contributed by atoms with Crippen LogP contribution < -0.4 is 15.0 Å². The third-order valence-electron chi connectivity index (χ3n) is 7.02. The first-order chi connectivity index (χ1) is 15.8. The van der Waals surface area contributed by atoms with E-state index in [2.05, 4.69) is 5.32 Å². The average molecular weight is 447 g/mol. The van der Waals surface area contributed by atoms with Crippen LogP contribution in [0.3, 0.4) is 0 Å². The van der Waals surface area contributed by atoms with Crippen LogP contribution in [0, 0.1) is 17.8 Å². The molecule has 7 heteroatoms. The molecular formula is C26H26N2O5. The lowest BCUT2D eigenvalue weighted by Crippen LogP contribution is -2.59. The molecule has 1 N–H and O–H groups in total. The first-order valence-electron chi connectivity index (χ1n) is 11.4. The van der Waals surface area contributed by atoms with Gasteiger partial charge in [0.2, 0.25) is 11.8 Å². The molecule has 2 amide bonds. The third-order valence-corrected chi connectivity index (χ3v) is 7.02. The van der Waals surface area contributed by atoms with E-state index in [4.69, 9.17) is 4.74 Å². The van der Waals surface area contributed by atoms with Gasteiger partial charge in [0.25, 0.3) is 0 Å². The van der Waals surface area contributed by atoms with Gasteiger partial charge in [-0.2, -0.15) is 0 Å². The summed E-state index contributed by atoms with van der Waals surface area (Å²) < 4.78 is 5.60. The zero-order chi connectivity index (χ0) is 23.5. The lowest BCUT2D eigenvalue weighted by Gasteiger charge is -2.29. The van der Waals surface area contributed by atoms with Gasteiger partial charge >= 0.3 is 0 Å². The predicted molar refractivity (Wildman–Crippen MR) is 121 cm³/mol. The molecule has 1 spiro atoms. The average Bonchev–Trinajstić information content (AvgIpc) is 3.38. The molecular weight excluding hydrogens is 420 g/mol. The highest BCUT2D eigenvalue weighted by atomic mass is 16.5. The van der Waals surface area contributed by atoms with Crippen LogP contribution in [0.25, 0.3) is 0 Å². The van der Waals surface area contributed by atoms with Crippen molar-refractivity contribution in [2.24, 2.45) is 17.8 Å². The molecule has 2 aromatic carbocycles. The quantitative estimate of drug-likeness (QED) is 0.561. The fraction of sp³-hybridized carbons (Fsp3) is 0.385. The highest BCUT2D eigenvalue weighted by molar-refractivity contribution is 6.37. The van der Waals surface area contributed by atoms with Gasteiger partial charge in [-0.3, -0.25) is 24.5 Å². The fourth-order valence-electron chi connectivity index (χ4n) is 5.52. The molecule has 0 radical (unpaired) electrons. The molecule has 2 aliphatic heterocycles. The third kappa shape index (κ3) is 2.85. The summed E-state index contributed by atoms with van der Waals surface area (Å²) in [7, 11) is 0. The summed E-state index contributed by atoms with van der Waals surface area (Å²) in [6.45, 7) is 6.42. The molecule has 5 rings (SSSR count). The SMILES string of the molecule is CCCOc1ccc(N2C(=O)[C@H]3[C@@H](C2=O)C2(N[C@H]3C(C)C)C(=O)c3ccccc3C2=O)cc1. The molecule has 3 aliphatic rings. The van der Waals surface area contributed by atoms with E-state index in [-0.39, 0.29) is 11.8 Å². The van der Waals surface area contributed by atoms with E-state index >= 15 is 0 Å². The summed E-state index contributed by atoms with van der Waals surface area (Å²) in [6, 6.07) is 12.9. The lowest BCUT2D eigenvalue weighted by atomic mass is 9.76. The standard InChI is InChI=1S/C26H26N2O5/c1-4-13-33-16-11-9-15(10-12-16)28-24(31)19-20(25(28)32)26(27-21(19)14(2)3)22(29)17-7-5-6-8-18(17)23(26)30/h5-12,14,19-21,27H,4,13H2,1-3H3/t19-,20-,21-/m0/s1. The summed E-state index contributed by atoms with van der Waals surface area (Å²) >= 11 is 0. The summed E-state index contributed by atoms with van der Waals surface area (Å²) in [5.74, 6) is -3.04. The molecule has 2 fully saturated rings. The van der Waals surface area contributed by atoms with Crippen LogP contribution in [-0.2, 0) is 9.59 Å². The first-order valence-corrected chi connectivity index (χ1v) is 11.4. The minimum absolute atomic E-state index is 0.0669. The van der Waals surface area contributed by atoms with E-state index in [1.54, 1.807) is 48.5 Å². The van der Waals surface area contributed by atoms with Crippen LogP contribution in [0.15, 0.2) is 48.5 Å². The van der Waals surface area contributed by atoms with Crippen LogP contribution >= 0.6 is 0 Å². The highest BCUT2D eigenvalue weighted by Crippen LogP contribution is 2.51. The van der Waals surface area contributed by atoms with Gasteiger partial charge in [0.1, 0.15) is 5.75 Å².